The number of rotatable bonds is 3. The highest BCUT2D eigenvalue weighted by molar-refractivity contribution is 14.1. The minimum atomic E-state index is -1.74. The lowest BCUT2D eigenvalue weighted by Crippen LogP contribution is -2.43. The number of hydrogen-bond acceptors (Lipinski definition) is 2. The Kier molecular flexibility index (Phi) is 4.52. The van der Waals surface area contributed by atoms with E-state index in [0.717, 1.165) is 15.1 Å². The summed E-state index contributed by atoms with van der Waals surface area (Å²) in [6, 6.07) is 5.99. The summed E-state index contributed by atoms with van der Waals surface area (Å²) in [4.78, 5) is 0. The van der Waals surface area contributed by atoms with E-state index in [-0.39, 0.29) is 5.04 Å². The molecule has 96 valence electrons. The zero-order chi connectivity index (χ0) is 13.3. The summed E-state index contributed by atoms with van der Waals surface area (Å²) in [6.07, 6.45) is 0. The quantitative estimate of drug-likeness (QED) is 0.573. The van der Waals surface area contributed by atoms with E-state index in [4.69, 9.17) is 9.16 Å². The Balaban J connectivity index is 2.93. The molecule has 1 aromatic carbocycles. The van der Waals surface area contributed by atoms with Gasteiger partial charge in [0.2, 0.25) is 8.32 Å². The van der Waals surface area contributed by atoms with Gasteiger partial charge in [-0.1, -0.05) is 20.8 Å². The number of halogens is 1. The molecule has 0 amide bonds. The Hall–Kier alpha value is -0.233. The summed E-state index contributed by atoms with van der Waals surface area (Å²) in [6.45, 7) is 11.2. The molecular formula is C13H21IO2Si. The van der Waals surface area contributed by atoms with E-state index in [2.05, 4.69) is 56.5 Å². The zero-order valence-corrected chi connectivity index (χ0v) is 14.6. The van der Waals surface area contributed by atoms with Gasteiger partial charge in [0.05, 0.1) is 10.7 Å². The van der Waals surface area contributed by atoms with Gasteiger partial charge in [-0.05, 0) is 58.9 Å². The molecule has 0 heterocycles. The van der Waals surface area contributed by atoms with Crippen LogP contribution in [0.25, 0.3) is 0 Å². The third kappa shape index (κ3) is 3.61. The Bertz CT molecular complexity index is 397. The van der Waals surface area contributed by atoms with E-state index in [1.807, 2.05) is 18.2 Å². The summed E-state index contributed by atoms with van der Waals surface area (Å²) >= 11 is 2.27. The summed E-state index contributed by atoms with van der Waals surface area (Å²) in [5.74, 6) is 1.84. The molecule has 4 heteroatoms. The van der Waals surface area contributed by atoms with Crippen molar-refractivity contribution >= 4 is 30.9 Å². The van der Waals surface area contributed by atoms with Crippen LogP contribution in [0, 0.1) is 3.57 Å². The minimum absolute atomic E-state index is 0.221. The van der Waals surface area contributed by atoms with Crippen molar-refractivity contribution in [1.82, 2.24) is 0 Å². The molecule has 0 unspecified atom stereocenters. The zero-order valence-electron chi connectivity index (χ0n) is 11.4. The van der Waals surface area contributed by atoms with Crippen LogP contribution in [0.3, 0.4) is 0 Å². The highest BCUT2D eigenvalue weighted by Gasteiger charge is 2.38. The van der Waals surface area contributed by atoms with Crippen molar-refractivity contribution in [2.45, 2.75) is 38.9 Å². The van der Waals surface area contributed by atoms with Gasteiger partial charge < -0.3 is 9.16 Å². The lowest BCUT2D eigenvalue weighted by atomic mass is 10.2. The van der Waals surface area contributed by atoms with Crippen LogP contribution in [0.15, 0.2) is 18.2 Å². The smallest absolute Gasteiger partial charge is 0.250 e. The largest absolute Gasteiger partial charge is 0.543 e. The Morgan fingerprint density at radius 3 is 2.18 bits per heavy atom. The second kappa shape index (κ2) is 5.18. The molecule has 0 aliphatic rings. The van der Waals surface area contributed by atoms with Crippen LogP contribution in [0.1, 0.15) is 20.8 Å². The van der Waals surface area contributed by atoms with Crippen LogP contribution in [-0.2, 0) is 0 Å². The van der Waals surface area contributed by atoms with Crippen LogP contribution < -0.4 is 9.16 Å². The molecule has 1 rings (SSSR count). The fourth-order valence-corrected chi connectivity index (χ4v) is 2.89. The minimum Gasteiger partial charge on any atom is -0.543 e. The van der Waals surface area contributed by atoms with Gasteiger partial charge in [0.25, 0.3) is 0 Å². The van der Waals surface area contributed by atoms with E-state index >= 15 is 0 Å². The van der Waals surface area contributed by atoms with E-state index < -0.39 is 8.32 Å². The van der Waals surface area contributed by atoms with Crippen molar-refractivity contribution in [2.75, 3.05) is 7.11 Å². The van der Waals surface area contributed by atoms with Gasteiger partial charge >= 0.3 is 0 Å². The number of ether oxygens (including phenoxy) is 1. The third-order valence-electron chi connectivity index (χ3n) is 3.30. The van der Waals surface area contributed by atoms with Crippen molar-refractivity contribution in [3.63, 3.8) is 0 Å². The number of methoxy groups -OCH3 is 1. The predicted molar refractivity (Wildman–Crippen MR) is 83.5 cm³/mol. The van der Waals surface area contributed by atoms with Crippen molar-refractivity contribution in [3.05, 3.63) is 21.8 Å². The topological polar surface area (TPSA) is 18.5 Å². The van der Waals surface area contributed by atoms with Gasteiger partial charge in [0, 0.05) is 0 Å². The molecule has 0 aromatic heterocycles. The van der Waals surface area contributed by atoms with E-state index in [0.29, 0.717) is 0 Å². The number of benzene rings is 1. The van der Waals surface area contributed by atoms with E-state index in [1.54, 1.807) is 7.11 Å². The highest BCUT2D eigenvalue weighted by atomic mass is 127. The molecule has 17 heavy (non-hydrogen) atoms. The van der Waals surface area contributed by atoms with Gasteiger partial charge in [-0.25, -0.2) is 0 Å². The average Bonchev–Trinajstić information content (AvgIpc) is 2.15. The maximum absolute atomic E-state index is 6.23. The fraction of sp³-hybridized carbons (Fsp3) is 0.538. The molecule has 0 N–H and O–H groups in total. The first-order valence-electron chi connectivity index (χ1n) is 5.70. The van der Waals surface area contributed by atoms with Gasteiger partial charge in [-0.15, -0.1) is 0 Å². The molecule has 0 fully saturated rings. The molecule has 0 spiro atoms. The van der Waals surface area contributed by atoms with Crippen molar-refractivity contribution < 1.29 is 9.16 Å². The fourth-order valence-electron chi connectivity index (χ4n) is 1.16. The van der Waals surface area contributed by atoms with Gasteiger partial charge in [-0.2, -0.15) is 0 Å². The molecule has 0 aliphatic carbocycles. The third-order valence-corrected chi connectivity index (χ3v) is 8.50. The average molecular weight is 364 g/mol. The first kappa shape index (κ1) is 14.8. The Morgan fingerprint density at radius 2 is 1.76 bits per heavy atom. The summed E-state index contributed by atoms with van der Waals surface area (Å²) in [7, 11) is -0.0540. The Labute approximate surface area is 119 Å². The standard InChI is InChI=1S/C13H21IO2Si/c1-13(2,3)17(5,6)16-10-7-8-12(15-4)11(14)9-10/h7-9H,1-6H3. The molecule has 0 saturated carbocycles. The van der Waals surface area contributed by atoms with Crippen LogP contribution in [-0.4, -0.2) is 15.4 Å². The molecular weight excluding hydrogens is 343 g/mol. The SMILES string of the molecule is COc1ccc(O[Si](C)(C)C(C)(C)C)cc1I. The number of hydrogen-bond donors (Lipinski definition) is 0. The van der Waals surface area contributed by atoms with E-state index in [1.165, 1.54) is 0 Å². The summed E-state index contributed by atoms with van der Waals surface area (Å²) in [5, 5.41) is 0.221. The molecule has 0 saturated heterocycles. The molecule has 0 atom stereocenters. The van der Waals surface area contributed by atoms with E-state index in [9.17, 15) is 0 Å². The van der Waals surface area contributed by atoms with Crippen LogP contribution in [0.4, 0.5) is 0 Å². The second-order valence-corrected chi connectivity index (χ2v) is 11.5. The van der Waals surface area contributed by atoms with Gasteiger partial charge in [-0.3, -0.25) is 0 Å². The maximum atomic E-state index is 6.23. The van der Waals surface area contributed by atoms with Crippen molar-refractivity contribution in [2.24, 2.45) is 0 Å². The first-order chi connectivity index (χ1) is 7.67. The van der Waals surface area contributed by atoms with Gasteiger partial charge in [0.1, 0.15) is 11.5 Å². The van der Waals surface area contributed by atoms with Crippen LogP contribution in [0.5, 0.6) is 11.5 Å². The molecule has 0 radical (unpaired) electrons. The molecule has 0 bridgehead atoms. The monoisotopic (exact) mass is 364 g/mol. The Morgan fingerprint density at radius 1 is 1.18 bits per heavy atom. The normalized spacial score (nSPS) is 12.4. The van der Waals surface area contributed by atoms with Crippen LogP contribution in [0.2, 0.25) is 18.1 Å². The summed E-state index contributed by atoms with van der Waals surface area (Å²) < 4.78 is 12.6. The maximum Gasteiger partial charge on any atom is 0.250 e. The van der Waals surface area contributed by atoms with Crippen molar-refractivity contribution in [1.29, 1.82) is 0 Å². The van der Waals surface area contributed by atoms with Crippen LogP contribution >= 0.6 is 22.6 Å². The predicted octanol–water partition coefficient (Wildman–Crippen LogP) is 4.68. The highest BCUT2D eigenvalue weighted by Crippen LogP contribution is 2.38. The molecule has 0 aliphatic heterocycles. The summed E-state index contributed by atoms with van der Waals surface area (Å²) in [5.41, 5.74) is 0. The van der Waals surface area contributed by atoms with Crippen molar-refractivity contribution in [3.8, 4) is 11.5 Å². The van der Waals surface area contributed by atoms with Gasteiger partial charge in [0.15, 0.2) is 0 Å². The second-order valence-electron chi connectivity index (χ2n) is 5.66. The lowest BCUT2D eigenvalue weighted by molar-refractivity contribution is 0.410. The lowest BCUT2D eigenvalue weighted by Gasteiger charge is -2.36. The first-order valence-corrected chi connectivity index (χ1v) is 9.68. The molecule has 2 nitrogen and oxygen atoms in total. The molecule has 1 aromatic rings.